The topological polar surface area (TPSA) is 35.2 Å². The first-order chi connectivity index (χ1) is 9.79. The van der Waals surface area contributed by atoms with Gasteiger partial charge in [-0.1, -0.05) is 42.5 Å². The second-order valence-electron chi connectivity index (χ2n) is 4.43. The van der Waals surface area contributed by atoms with E-state index in [9.17, 15) is 4.39 Å². The molecule has 0 fully saturated rings. The molecular formula is C17H18FNO. The summed E-state index contributed by atoms with van der Waals surface area (Å²) in [6.45, 7) is 0.849. The van der Waals surface area contributed by atoms with E-state index in [0.29, 0.717) is 19.6 Å². The Morgan fingerprint density at radius 2 is 1.90 bits per heavy atom. The first-order valence-electron chi connectivity index (χ1n) is 6.62. The normalized spacial score (nSPS) is 10.9. The van der Waals surface area contributed by atoms with Gasteiger partial charge in [0.1, 0.15) is 6.61 Å². The summed E-state index contributed by atoms with van der Waals surface area (Å²) in [4.78, 5) is 0. The summed E-state index contributed by atoms with van der Waals surface area (Å²) in [5.41, 5.74) is 7.42. The number of hydrogen-bond donors (Lipinski definition) is 1. The lowest BCUT2D eigenvalue weighted by Crippen LogP contribution is -2.03. The van der Waals surface area contributed by atoms with E-state index >= 15 is 0 Å². The molecule has 0 bridgehead atoms. The van der Waals surface area contributed by atoms with Crippen LogP contribution in [0.4, 0.5) is 4.39 Å². The van der Waals surface area contributed by atoms with E-state index in [1.165, 1.54) is 6.07 Å². The molecule has 0 saturated carbocycles. The third-order valence-corrected chi connectivity index (χ3v) is 2.87. The van der Waals surface area contributed by atoms with Gasteiger partial charge in [0.25, 0.3) is 0 Å². The Morgan fingerprint density at radius 3 is 2.60 bits per heavy atom. The first-order valence-corrected chi connectivity index (χ1v) is 6.62. The molecule has 3 heteroatoms. The lowest BCUT2D eigenvalue weighted by atomic mass is 10.1. The molecule has 0 heterocycles. The van der Waals surface area contributed by atoms with Crippen LogP contribution in [0.1, 0.15) is 11.1 Å². The molecule has 20 heavy (non-hydrogen) atoms. The Bertz CT molecular complexity index is 566. The van der Waals surface area contributed by atoms with Crippen LogP contribution in [-0.4, -0.2) is 13.2 Å². The number of halogens is 1. The van der Waals surface area contributed by atoms with Gasteiger partial charge in [-0.05, 0) is 42.3 Å². The molecule has 0 aliphatic heterocycles. The van der Waals surface area contributed by atoms with Crippen LogP contribution in [0.2, 0.25) is 0 Å². The van der Waals surface area contributed by atoms with Gasteiger partial charge in [-0.15, -0.1) is 0 Å². The third-order valence-electron chi connectivity index (χ3n) is 2.87. The zero-order valence-corrected chi connectivity index (χ0v) is 11.3. The van der Waals surface area contributed by atoms with Crippen LogP contribution < -0.4 is 10.5 Å². The maximum atomic E-state index is 13.7. The van der Waals surface area contributed by atoms with Crippen molar-refractivity contribution in [2.45, 2.75) is 6.42 Å². The zero-order valence-electron chi connectivity index (χ0n) is 11.3. The van der Waals surface area contributed by atoms with Crippen molar-refractivity contribution in [1.82, 2.24) is 0 Å². The second kappa shape index (κ2) is 7.46. The quantitative estimate of drug-likeness (QED) is 0.873. The van der Waals surface area contributed by atoms with Crippen molar-refractivity contribution in [3.8, 4) is 5.75 Å². The average molecular weight is 271 g/mol. The van der Waals surface area contributed by atoms with E-state index in [0.717, 1.165) is 11.1 Å². The van der Waals surface area contributed by atoms with Crippen molar-refractivity contribution < 1.29 is 9.13 Å². The molecule has 2 aromatic carbocycles. The van der Waals surface area contributed by atoms with Crippen molar-refractivity contribution in [2.75, 3.05) is 13.2 Å². The Hall–Kier alpha value is -2.13. The first kappa shape index (κ1) is 14.3. The summed E-state index contributed by atoms with van der Waals surface area (Å²) in [5, 5.41) is 0. The van der Waals surface area contributed by atoms with E-state index < -0.39 is 0 Å². The largest absolute Gasteiger partial charge is 0.486 e. The molecule has 0 saturated heterocycles. The van der Waals surface area contributed by atoms with E-state index in [1.807, 2.05) is 48.6 Å². The fourth-order valence-corrected chi connectivity index (χ4v) is 1.87. The van der Waals surface area contributed by atoms with Crippen LogP contribution in [-0.2, 0) is 6.42 Å². The molecule has 2 nitrogen and oxygen atoms in total. The predicted molar refractivity (Wildman–Crippen MR) is 80.1 cm³/mol. The van der Waals surface area contributed by atoms with E-state index in [-0.39, 0.29) is 11.6 Å². The highest BCUT2D eigenvalue weighted by Gasteiger charge is 2.03. The molecule has 0 spiro atoms. The van der Waals surface area contributed by atoms with Crippen LogP contribution in [0.25, 0.3) is 6.08 Å². The standard InChI is InChI=1S/C17H18FNO/c18-16-13-15(10-11-19)8-9-17(16)20-12-4-7-14-5-2-1-3-6-14/h1-9,13H,10-12,19H2/b7-4+. The fraction of sp³-hybridized carbons (Fsp3) is 0.176. The Balaban J connectivity index is 1.89. The summed E-state index contributed by atoms with van der Waals surface area (Å²) in [6.07, 6.45) is 4.48. The molecule has 2 rings (SSSR count). The Morgan fingerprint density at radius 1 is 1.10 bits per heavy atom. The van der Waals surface area contributed by atoms with Gasteiger partial charge in [0.05, 0.1) is 0 Å². The Labute approximate surface area is 118 Å². The molecule has 0 amide bonds. The van der Waals surface area contributed by atoms with Crippen molar-refractivity contribution in [3.63, 3.8) is 0 Å². The maximum absolute atomic E-state index is 13.7. The van der Waals surface area contributed by atoms with Crippen molar-refractivity contribution in [1.29, 1.82) is 0 Å². The van der Waals surface area contributed by atoms with Gasteiger partial charge in [0.2, 0.25) is 0 Å². The third kappa shape index (κ3) is 4.21. The molecule has 2 N–H and O–H groups in total. The minimum Gasteiger partial charge on any atom is -0.486 e. The summed E-state index contributed by atoms with van der Waals surface area (Å²) < 4.78 is 19.1. The van der Waals surface area contributed by atoms with Crippen LogP contribution >= 0.6 is 0 Å². The van der Waals surface area contributed by atoms with Crippen LogP contribution in [0.5, 0.6) is 5.75 Å². The second-order valence-corrected chi connectivity index (χ2v) is 4.43. The number of hydrogen-bond acceptors (Lipinski definition) is 2. The highest BCUT2D eigenvalue weighted by Crippen LogP contribution is 2.18. The highest BCUT2D eigenvalue weighted by molar-refractivity contribution is 5.48. The summed E-state index contributed by atoms with van der Waals surface area (Å²) in [6, 6.07) is 14.9. The average Bonchev–Trinajstić information content (AvgIpc) is 2.47. The molecular weight excluding hydrogens is 253 g/mol. The van der Waals surface area contributed by atoms with Gasteiger partial charge in [-0.2, -0.15) is 0 Å². The molecule has 0 unspecified atom stereocenters. The lowest BCUT2D eigenvalue weighted by Gasteiger charge is -2.06. The van der Waals surface area contributed by atoms with Gasteiger partial charge >= 0.3 is 0 Å². The predicted octanol–water partition coefficient (Wildman–Crippen LogP) is 3.42. The molecule has 104 valence electrons. The van der Waals surface area contributed by atoms with Crippen LogP contribution in [0.15, 0.2) is 54.6 Å². The Kier molecular flexibility index (Phi) is 5.33. The van der Waals surface area contributed by atoms with Gasteiger partial charge in [-0.3, -0.25) is 0 Å². The molecule has 2 aromatic rings. The lowest BCUT2D eigenvalue weighted by molar-refractivity contribution is 0.342. The van der Waals surface area contributed by atoms with Gasteiger partial charge in [0, 0.05) is 0 Å². The van der Waals surface area contributed by atoms with Crippen molar-refractivity contribution >= 4 is 6.08 Å². The minimum absolute atomic E-state index is 0.267. The smallest absolute Gasteiger partial charge is 0.165 e. The van der Waals surface area contributed by atoms with Crippen LogP contribution in [0.3, 0.4) is 0 Å². The minimum atomic E-state index is -0.343. The van der Waals surface area contributed by atoms with Crippen molar-refractivity contribution in [2.24, 2.45) is 5.73 Å². The molecule has 0 radical (unpaired) electrons. The zero-order chi connectivity index (χ0) is 14.2. The SMILES string of the molecule is NCCc1ccc(OC/C=C/c2ccccc2)c(F)c1. The number of nitrogens with two attached hydrogens (primary N) is 1. The van der Waals surface area contributed by atoms with Crippen molar-refractivity contribution in [3.05, 3.63) is 71.6 Å². The van der Waals surface area contributed by atoms with E-state index in [2.05, 4.69) is 0 Å². The number of ether oxygens (including phenoxy) is 1. The van der Waals surface area contributed by atoms with Gasteiger partial charge in [-0.25, -0.2) is 4.39 Å². The molecule has 0 aliphatic carbocycles. The molecule has 0 aliphatic rings. The number of benzene rings is 2. The van der Waals surface area contributed by atoms with E-state index in [4.69, 9.17) is 10.5 Å². The highest BCUT2D eigenvalue weighted by atomic mass is 19.1. The fourth-order valence-electron chi connectivity index (χ4n) is 1.87. The number of rotatable bonds is 6. The van der Waals surface area contributed by atoms with Gasteiger partial charge < -0.3 is 10.5 Å². The summed E-state index contributed by atoms with van der Waals surface area (Å²) in [5.74, 6) is -0.0763. The molecule has 0 atom stereocenters. The summed E-state index contributed by atoms with van der Waals surface area (Å²) >= 11 is 0. The van der Waals surface area contributed by atoms with E-state index in [1.54, 1.807) is 6.07 Å². The summed E-state index contributed by atoms with van der Waals surface area (Å²) in [7, 11) is 0. The molecule has 0 aromatic heterocycles. The van der Waals surface area contributed by atoms with Crippen LogP contribution in [0, 0.1) is 5.82 Å². The van der Waals surface area contributed by atoms with Gasteiger partial charge in [0.15, 0.2) is 11.6 Å². The maximum Gasteiger partial charge on any atom is 0.165 e. The monoisotopic (exact) mass is 271 g/mol.